The van der Waals surface area contributed by atoms with Crippen molar-refractivity contribution in [3.8, 4) is 11.8 Å². The van der Waals surface area contributed by atoms with Gasteiger partial charge >= 0.3 is 0 Å². The minimum absolute atomic E-state index is 0.0376. The first-order valence-electron chi connectivity index (χ1n) is 11.9. The predicted octanol–water partition coefficient (Wildman–Crippen LogP) is 7.19. The van der Waals surface area contributed by atoms with E-state index < -0.39 is 15.9 Å². The fourth-order valence-corrected chi connectivity index (χ4v) is 5.56. The third-order valence-corrected chi connectivity index (χ3v) is 8.61. The largest absolute Gasteiger partial charge is 0.497 e. The molecule has 3 aromatic carbocycles. The molecule has 1 amide bonds. The Morgan fingerprint density at radius 3 is 2.32 bits per heavy atom. The Kier molecular flexibility index (Phi) is 9.76. The van der Waals surface area contributed by atoms with Gasteiger partial charge in [0.2, 0.25) is 10.0 Å². The molecule has 0 fully saturated rings. The minimum atomic E-state index is -4.01. The van der Waals surface area contributed by atoms with Crippen molar-refractivity contribution in [2.75, 3.05) is 12.4 Å². The van der Waals surface area contributed by atoms with Crippen LogP contribution < -0.4 is 10.1 Å². The van der Waals surface area contributed by atoms with Crippen LogP contribution in [0.1, 0.15) is 17.1 Å². The number of benzene rings is 3. The van der Waals surface area contributed by atoms with Gasteiger partial charge in [0, 0.05) is 23.3 Å². The van der Waals surface area contributed by atoms with Crippen molar-refractivity contribution >= 4 is 62.5 Å². The molecule has 0 aliphatic rings. The lowest BCUT2D eigenvalue weighted by Gasteiger charge is -2.22. The molecule has 0 atom stereocenters. The van der Waals surface area contributed by atoms with Crippen molar-refractivity contribution < 1.29 is 22.4 Å². The number of amides is 1. The van der Waals surface area contributed by atoms with Gasteiger partial charge in [0.15, 0.2) is 0 Å². The van der Waals surface area contributed by atoms with Crippen molar-refractivity contribution in [2.24, 2.45) is 0 Å². The Morgan fingerprint density at radius 2 is 1.68 bits per heavy atom. The summed E-state index contributed by atoms with van der Waals surface area (Å²) >= 11 is 18.1. The molecule has 12 heteroatoms. The second-order valence-corrected chi connectivity index (χ2v) is 11.8. The quantitative estimate of drug-likeness (QED) is 0.147. The summed E-state index contributed by atoms with van der Waals surface area (Å²) in [5.74, 6) is 0.456. The predicted molar refractivity (Wildman–Crippen MR) is 158 cm³/mol. The lowest BCUT2D eigenvalue weighted by atomic mass is 10.2. The van der Waals surface area contributed by atoms with Gasteiger partial charge in [-0.3, -0.25) is 4.79 Å². The Morgan fingerprint density at radius 1 is 0.976 bits per heavy atom. The van der Waals surface area contributed by atoms with Gasteiger partial charge in [-0.05, 0) is 78.4 Å². The van der Waals surface area contributed by atoms with E-state index in [1.54, 1.807) is 54.6 Å². The number of hydrogen-bond acceptors (Lipinski definition) is 6. The molecule has 1 N–H and O–H groups in total. The van der Waals surface area contributed by atoms with Gasteiger partial charge in [-0.1, -0.05) is 40.9 Å². The molecule has 41 heavy (non-hydrogen) atoms. The first kappa shape index (κ1) is 30.2. The maximum absolute atomic E-state index is 13.6. The maximum atomic E-state index is 13.6. The molecule has 0 saturated heterocycles. The Balaban J connectivity index is 1.58. The van der Waals surface area contributed by atoms with Gasteiger partial charge in [0.1, 0.15) is 28.9 Å². The van der Waals surface area contributed by atoms with Crippen LogP contribution in [-0.4, -0.2) is 25.7 Å². The zero-order valence-electron chi connectivity index (χ0n) is 21.5. The van der Waals surface area contributed by atoms with Crippen molar-refractivity contribution in [1.29, 1.82) is 5.26 Å². The number of sulfonamides is 1. The third-order valence-electron chi connectivity index (χ3n) is 5.81. The molecule has 0 bridgehead atoms. The molecule has 0 aliphatic heterocycles. The monoisotopic (exact) mass is 629 g/mol. The van der Waals surface area contributed by atoms with E-state index in [1.165, 1.54) is 41.8 Å². The summed E-state index contributed by atoms with van der Waals surface area (Å²) in [5, 5.41) is 13.2. The average molecular weight is 631 g/mol. The van der Waals surface area contributed by atoms with E-state index in [4.69, 9.17) is 44.0 Å². The highest BCUT2D eigenvalue weighted by molar-refractivity contribution is 7.89. The number of anilines is 1. The second-order valence-electron chi connectivity index (χ2n) is 8.63. The molecule has 210 valence electrons. The highest BCUT2D eigenvalue weighted by Gasteiger charge is 2.26. The highest BCUT2D eigenvalue weighted by Crippen LogP contribution is 2.27. The molecule has 1 heterocycles. The normalized spacial score (nSPS) is 11.8. The number of methoxy groups -OCH3 is 1. The Labute approximate surface area is 252 Å². The summed E-state index contributed by atoms with van der Waals surface area (Å²) in [6, 6.07) is 22.2. The van der Waals surface area contributed by atoms with E-state index >= 15 is 0 Å². The van der Waals surface area contributed by atoms with Crippen molar-refractivity contribution in [1.82, 2.24) is 4.31 Å². The van der Waals surface area contributed by atoms with Gasteiger partial charge in [-0.15, -0.1) is 0 Å². The van der Waals surface area contributed by atoms with Crippen molar-refractivity contribution in [3.05, 3.63) is 117 Å². The van der Waals surface area contributed by atoms with Crippen LogP contribution in [0.2, 0.25) is 15.1 Å². The van der Waals surface area contributed by atoms with Gasteiger partial charge < -0.3 is 14.5 Å². The number of nitriles is 1. The number of nitrogens with zero attached hydrogens (tertiary/aromatic N) is 2. The number of hydrogen-bond donors (Lipinski definition) is 1. The molecule has 8 nitrogen and oxygen atoms in total. The first-order chi connectivity index (χ1) is 19.6. The lowest BCUT2D eigenvalue weighted by molar-refractivity contribution is -0.112. The van der Waals surface area contributed by atoms with Crippen LogP contribution in [0.25, 0.3) is 6.08 Å². The van der Waals surface area contributed by atoms with E-state index in [0.717, 1.165) is 0 Å². The molecule has 4 aromatic rings. The summed E-state index contributed by atoms with van der Waals surface area (Å²) in [6.07, 6.45) is 1.28. The zero-order valence-corrected chi connectivity index (χ0v) is 24.6. The maximum Gasteiger partial charge on any atom is 0.266 e. The summed E-state index contributed by atoms with van der Waals surface area (Å²) in [7, 11) is -2.48. The number of halogens is 3. The van der Waals surface area contributed by atoms with Crippen LogP contribution in [-0.2, 0) is 27.9 Å². The van der Waals surface area contributed by atoms with Crippen LogP contribution in [0.15, 0.2) is 93.7 Å². The fraction of sp³-hybridized carbons (Fsp3) is 0.103. The van der Waals surface area contributed by atoms with Gasteiger partial charge in [-0.25, -0.2) is 8.42 Å². The average Bonchev–Trinajstić information content (AvgIpc) is 3.40. The Hall–Kier alpha value is -3.78. The van der Waals surface area contributed by atoms with Gasteiger partial charge in [-0.2, -0.15) is 9.57 Å². The van der Waals surface area contributed by atoms with E-state index in [-0.39, 0.29) is 40.1 Å². The molecule has 0 aliphatic carbocycles. The van der Waals surface area contributed by atoms with Crippen LogP contribution in [0.5, 0.6) is 5.75 Å². The third kappa shape index (κ3) is 7.70. The summed E-state index contributed by atoms with van der Waals surface area (Å²) in [6.45, 7) is -0.194. The lowest BCUT2D eigenvalue weighted by Crippen LogP contribution is -2.30. The number of furan rings is 1. The van der Waals surface area contributed by atoms with E-state index in [9.17, 15) is 18.5 Å². The smallest absolute Gasteiger partial charge is 0.266 e. The first-order valence-corrected chi connectivity index (χ1v) is 14.5. The zero-order chi connectivity index (χ0) is 29.6. The number of nitrogens with one attached hydrogen (secondary N) is 1. The number of carbonyl (C=O) groups excluding carboxylic acids is 1. The van der Waals surface area contributed by atoms with Crippen molar-refractivity contribution in [3.63, 3.8) is 0 Å². The minimum Gasteiger partial charge on any atom is -0.497 e. The van der Waals surface area contributed by atoms with E-state index in [2.05, 4.69) is 5.32 Å². The van der Waals surface area contributed by atoms with Crippen LogP contribution in [0.4, 0.5) is 5.69 Å². The number of ether oxygens (including phenoxy) is 1. The van der Waals surface area contributed by atoms with Crippen LogP contribution in [0.3, 0.4) is 0 Å². The van der Waals surface area contributed by atoms with E-state index in [0.29, 0.717) is 27.0 Å². The molecular weight excluding hydrogens is 609 g/mol. The molecule has 0 radical (unpaired) electrons. The Bertz CT molecular complexity index is 1730. The van der Waals surface area contributed by atoms with Gasteiger partial charge in [0.05, 0.1) is 28.6 Å². The highest BCUT2D eigenvalue weighted by atomic mass is 35.5. The standard InChI is InChI=1S/C29H22Cl3N3O5S/c1-39-23-7-5-22(6-8-23)34-29(36)20(16-33)15-24-9-10-25(40-24)18-35(17-19-2-13-27(31)28(32)14-19)41(37,38)26-11-3-21(30)4-12-26/h2-15H,17-18H2,1H3,(H,34,36)/b20-15-. The molecule has 0 saturated carbocycles. The van der Waals surface area contributed by atoms with Gasteiger partial charge in [0.25, 0.3) is 5.91 Å². The second kappa shape index (κ2) is 13.3. The molecule has 0 unspecified atom stereocenters. The fourth-order valence-electron chi connectivity index (χ4n) is 3.72. The SMILES string of the molecule is COc1ccc(NC(=O)/C(C#N)=C\c2ccc(CN(Cc3ccc(Cl)c(Cl)c3)S(=O)(=O)c3ccc(Cl)cc3)o2)cc1. The topological polar surface area (TPSA) is 113 Å². The van der Waals surface area contributed by atoms with Crippen LogP contribution >= 0.6 is 34.8 Å². The molecular formula is C29H22Cl3N3O5S. The number of carbonyl (C=O) groups is 1. The van der Waals surface area contributed by atoms with E-state index in [1.807, 2.05) is 6.07 Å². The molecule has 4 rings (SSSR count). The van der Waals surface area contributed by atoms with Crippen molar-refractivity contribution in [2.45, 2.75) is 18.0 Å². The summed E-state index contributed by atoms with van der Waals surface area (Å²) in [5.41, 5.74) is 0.871. The summed E-state index contributed by atoms with van der Waals surface area (Å²) < 4.78 is 39.3. The van der Waals surface area contributed by atoms with Crippen LogP contribution in [0, 0.1) is 11.3 Å². The molecule has 0 spiro atoms. The summed E-state index contributed by atoms with van der Waals surface area (Å²) in [4.78, 5) is 12.7. The molecule has 1 aromatic heterocycles. The number of rotatable bonds is 10.